The van der Waals surface area contributed by atoms with Crippen LogP contribution in [-0.4, -0.2) is 73.5 Å². The number of nitriles is 2. The number of amides is 2. The number of ether oxygens (including phenoxy) is 1. The largest absolute Gasteiger partial charge is 0.452 e. The summed E-state index contributed by atoms with van der Waals surface area (Å²) in [4.78, 5) is 54.3. The molecule has 2 amide bonds. The van der Waals surface area contributed by atoms with Crippen LogP contribution < -0.4 is 20.0 Å². The summed E-state index contributed by atoms with van der Waals surface area (Å²) in [5, 5.41) is 21.0. The first-order chi connectivity index (χ1) is 29.7. The van der Waals surface area contributed by atoms with Gasteiger partial charge in [0, 0.05) is 60.9 Å². The third kappa shape index (κ3) is 8.50. The van der Waals surface area contributed by atoms with Crippen LogP contribution in [-0.2, 0) is 22.6 Å². The van der Waals surface area contributed by atoms with Crippen LogP contribution in [0.5, 0.6) is 0 Å². The first kappa shape index (κ1) is 39.2. The fourth-order valence-electron chi connectivity index (χ4n) is 6.83. The first-order valence-corrected chi connectivity index (χ1v) is 19.0. The van der Waals surface area contributed by atoms with Gasteiger partial charge >= 0.3 is 6.09 Å². The molecule has 8 aromatic rings. The van der Waals surface area contributed by atoms with Crippen molar-refractivity contribution in [2.75, 3.05) is 47.8 Å². The number of methoxy groups -OCH3 is 1. The summed E-state index contributed by atoms with van der Waals surface area (Å²) in [5.74, 6) is -0.168. The van der Waals surface area contributed by atoms with E-state index in [1.54, 1.807) is 73.4 Å². The Hall–Kier alpha value is -8.63. The van der Waals surface area contributed by atoms with Crippen molar-refractivity contribution in [2.45, 2.75) is 13.1 Å². The number of hydrogen-bond donors (Lipinski definition) is 1. The zero-order valence-corrected chi connectivity index (χ0v) is 33.3. The molecular formula is C45H37N13O3. The lowest BCUT2D eigenvalue weighted by atomic mass is 10.1. The lowest BCUT2D eigenvalue weighted by Crippen LogP contribution is -2.38. The molecular weight excluding hydrogens is 771 g/mol. The monoisotopic (exact) mass is 807 g/mol. The van der Waals surface area contributed by atoms with Crippen LogP contribution in [0.1, 0.15) is 22.5 Å². The third-order valence-corrected chi connectivity index (χ3v) is 10.1. The van der Waals surface area contributed by atoms with E-state index in [-0.39, 0.29) is 6.54 Å². The summed E-state index contributed by atoms with van der Waals surface area (Å²) in [6.07, 6.45) is 11.7. The van der Waals surface area contributed by atoms with Crippen LogP contribution in [0.4, 0.5) is 27.7 Å². The highest BCUT2D eigenvalue weighted by molar-refractivity contribution is 6.00. The van der Waals surface area contributed by atoms with Crippen molar-refractivity contribution in [1.82, 2.24) is 33.7 Å². The maximum atomic E-state index is 13.3. The third-order valence-electron chi connectivity index (χ3n) is 10.1. The highest BCUT2D eigenvalue weighted by Crippen LogP contribution is 2.27. The van der Waals surface area contributed by atoms with E-state index in [9.17, 15) is 9.59 Å². The highest BCUT2D eigenvalue weighted by atomic mass is 16.5. The van der Waals surface area contributed by atoms with Crippen molar-refractivity contribution in [3.63, 3.8) is 0 Å². The molecule has 0 fully saturated rings. The van der Waals surface area contributed by atoms with E-state index in [1.807, 2.05) is 87.6 Å². The number of hydrogen-bond acceptors (Lipinski definition) is 12. The Labute approximate surface area is 350 Å². The number of imidazole rings is 2. The first-order valence-electron chi connectivity index (χ1n) is 19.0. The van der Waals surface area contributed by atoms with Crippen molar-refractivity contribution >= 4 is 46.2 Å². The van der Waals surface area contributed by atoms with Gasteiger partial charge in [-0.25, -0.2) is 19.7 Å². The fourth-order valence-corrected chi connectivity index (χ4v) is 6.83. The highest BCUT2D eigenvalue weighted by Gasteiger charge is 2.21. The van der Waals surface area contributed by atoms with Gasteiger partial charge in [0.2, 0.25) is 5.91 Å². The molecule has 0 atom stereocenters. The number of benzene rings is 3. The fraction of sp³-hybridized carbons (Fsp3) is 0.133. The second kappa shape index (κ2) is 17.1. The van der Waals surface area contributed by atoms with Crippen LogP contribution >= 0.6 is 0 Å². The average Bonchev–Trinajstić information content (AvgIpc) is 3.92. The number of anilines is 4. The molecule has 5 aromatic heterocycles. The molecule has 0 radical (unpaired) electrons. The Bertz CT molecular complexity index is 2950. The van der Waals surface area contributed by atoms with Crippen LogP contribution in [0.2, 0.25) is 0 Å². The molecule has 5 heterocycles. The van der Waals surface area contributed by atoms with Gasteiger partial charge in [0.15, 0.2) is 11.3 Å². The zero-order chi connectivity index (χ0) is 42.5. The smallest absolute Gasteiger partial charge is 0.414 e. The normalized spacial score (nSPS) is 10.8. The van der Waals surface area contributed by atoms with Gasteiger partial charge in [-0.3, -0.25) is 28.5 Å². The number of aromatic nitrogens is 7. The SMILES string of the molecule is COC(=O)N(CC(=O)Nc1ccc(-c2cnc3cnc(CN(C)c4ccc(C#N)cc4)cn23)cn1)c1ccc(-c2cnc3cnc(CN(C)c4ccc(C#N)cc4)cn23)cc1. The van der Waals surface area contributed by atoms with Crippen molar-refractivity contribution in [3.05, 3.63) is 151 Å². The van der Waals surface area contributed by atoms with Crippen molar-refractivity contribution < 1.29 is 14.3 Å². The number of carbonyl (C=O) groups excluding carboxylic acids is 2. The molecule has 0 aliphatic carbocycles. The lowest BCUT2D eigenvalue weighted by molar-refractivity contribution is -0.115. The number of pyridine rings is 1. The Morgan fingerprint density at radius 3 is 1.59 bits per heavy atom. The Kier molecular flexibility index (Phi) is 11.0. The number of carbonyl (C=O) groups is 2. The summed E-state index contributed by atoms with van der Waals surface area (Å²) in [6, 6.07) is 29.7. The maximum absolute atomic E-state index is 13.3. The van der Waals surface area contributed by atoms with Crippen molar-refractivity contribution in [2.24, 2.45) is 0 Å². The van der Waals surface area contributed by atoms with Gasteiger partial charge in [-0.1, -0.05) is 12.1 Å². The minimum atomic E-state index is -0.701. The van der Waals surface area contributed by atoms with Gasteiger partial charge in [-0.2, -0.15) is 10.5 Å². The van der Waals surface area contributed by atoms with Crippen LogP contribution in [0.25, 0.3) is 33.8 Å². The average molecular weight is 808 g/mol. The molecule has 300 valence electrons. The molecule has 0 aliphatic heterocycles. The van der Waals surface area contributed by atoms with Gasteiger partial charge in [0.1, 0.15) is 12.4 Å². The van der Waals surface area contributed by atoms with E-state index in [0.717, 1.165) is 45.3 Å². The summed E-state index contributed by atoms with van der Waals surface area (Å²) >= 11 is 0. The second-order valence-electron chi connectivity index (χ2n) is 14.1. The molecule has 0 aliphatic rings. The summed E-state index contributed by atoms with van der Waals surface area (Å²) in [5.41, 5.74) is 9.73. The Morgan fingerprint density at radius 1 is 0.623 bits per heavy atom. The molecule has 16 heteroatoms. The van der Waals surface area contributed by atoms with Crippen LogP contribution in [0.3, 0.4) is 0 Å². The van der Waals surface area contributed by atoms with Gasteiger partial charge in [-0.05, 0) is 72.8 Å². The van der Waals surface area contributed by atoms with E-state index in [0.29, 0.717) is 47.0 Å². The van der Waals surface area contributed by atoms with E-state index in [2.05, 4.69) is 42.4 Å². The standard InChI is InChI=1S/C45H37N13O3/c1-54(36-11-4-30(18-46)5-12-36)25-34-27-57-39(21-51-42(57)23-48-34)32-8-15-38(16-9-32)56(45(60)61-3)29-44(59)53-41-17-10-33(20-50-41)40-22-52-43-24-49-35(28-58(40)43)26-55(2)37-13-6-31(19-47)7-14-37/h4-17,20-24,27-28H,25-26,29H2,1-3H3,(H,50,53,59). The molecule has 0 saturated carbocycles. The van der Waals surface area contributed by atoms with Gasteiger partial charge in [-0.15, -0.1) is 0 Å². The summed E-state index contributed by atoms with van der Waals surface area (Å²) in [7, 11) is 5.18. The van der Waals surface area contributed by atoms with Crippen molar-refractivity contribution in [3.8, 4) is 34.7 Å². The van der Waals surface area contributed by atoms with Crippen molar-refractivity contribution in [1.29, 1.82) is 10.5 Å². The Balaban J connectivity index is 0.927. The zero-order valence-electron chi connectivity index (χ0n) is 33.3. The molecule has 0 bridgehead atoms. The predicted molar refractivity (Wildman–Crippen MR) is 230 cm³/mol. The number of nitrogens with one attached hydrogen (secondary N) is 1. The minimum Gasteiger partial charge on any atom is -0.452 e. The van der Waals surface area contributed by atoms with Gasteiger partial charge in [0.25, 0.3) is 0 Å². The molecule has 0 unspecified atom stereocenters. The van der Waals surface area contributed by atoms with Crippen LogP contribution in [0, 0.1) is 22.7 Å². The quantitative estimate of drug-likeness (QED) is 0.137. The minimum absolute atomic E-state index is 0.304. The summed E-state index contributed by atoms with van der Waals surface area (Å²) in [6.45, 7) is 0.724. The van der Waals surface area contributed by atoms with E-state index in [1.165, 1.54) is 12.0 Å². The van der Waals surface area contributed by atoms with Gasteiger partial charge < -0.3 is 19.9 Å². The number of rotatable bonds is 12. The predicted octanol–water partition coefficient (Wildman–Crippen LogP) is 6.73. The molecule has 0 saturated heterocycles. The molecule has 61 heavy (non-hydrogen) atoms. The van der Waals surface area contributed by atoms with E-state index >= 15 is 0 Å². The maximum Gasteiger partial charge on any atom is 0.414 e. The van der Waals surface area contributed by atoms with Crippen LogP contribution in [0.15, 0.2) is 128 Å². The second-order valence-corrected chi connectivity index (χ2v) is 14.1. The number of nitrogens with zero attached hydrogens (tertiary/aromatic N) is 12. The molecule has 8 rings (SSSR count). The van der Waals surface area contributed by atoms with Gasteiger partial charge in [0.05, 0.1) is 91.0 Å². The van der Waals surface area contributed by atoms with E-state index in [4.69, 9.17) is 15.3 Å². The van der Waals surface area contributed by atoms with E-state index < -0.39 is 12.0 Å². The summed E-state index contributed by atoms with van der Waals surface area (Å²) < 4.78 is 8.94. The number of fused-ring (bicyclic) bond motifs is 2. The molecule has 0 spiro atoms. The molecule has 16 nitrogen and oxygen atoms in total. The molecule has 1 N–H and O–H groups in total. The Morgan fingerprint density at radius 2 is 1.11 bits per heavy atom. The topological polar surface area (TPSA) is 186 Å². The molecule has 3 aromatic carbocycles. The lowest BCUT2D eigenvalue weighted by Gasteiger charge is -2.21.